The maximum atomic E-state index is 11.9. The van der Waals surface area contributed by atoms with Crippen molar-refractivity contribution in [1.82, 2.24) is 4.90 Å². The molecule has 1 aromatic rings. The molecule has 8 heteroatoms. The zero-order chi connectivity index (χ0) is 14.7. The molecule has 0 spiro atoms. The Morgan fingerprint density at radius 1 is 1.40 bits per heavy atom. The second-order valence-electron chi connectivity index (χ2n) is 3.93. The first-order valence-electron chi connectivity index (χ1n) is 5.63. The van der Waals surface area contributed by atoms with Gasteiger partial charge in [0.25, 0.3) is 11.1 Å². The van der Waals surface area contributed by atoms with Crippen molar-refractivity contribution in [2.24, 2.45) is 0 Å². The molecule has 0 unspecified atom stereocenters. The van der Waals surface area contributed by atoms with Gasteiger partial charge in [-0.3, -0.25) is 14.5 Å². The minimum absolute atomic E-state index is 0.597. The lowest BCUT2D eigenvalue weighted by atomic mass is 10.3. The van der Waals surface area contributed by atoms with E-state index in [-0.39, 0.29) is 0 Å². The summed E-state index contributed by atoms with van der Waals surface area (Å²) in [5, 5.41) is 11.9. The average Bonchev–Trinajstić information content (AvgIpc) is 2.67. The lowest BCUT2D eigenvalue weighted by Gasteiger charge is -2.15. The van der Waals surface area contributed by atoms with Crippen LogP contribution in [0, 0.1) is 0 Å². The number of carboxylic acid groups (broad SMARTS) is 1. The minimum atomic E-state index is -1.47. The molecule has 1 aliphatic rings. The number of rotatable bonds is 5. The van der Waals surface area contributed by atoms with Crippen molar-refractivity contribution in [2.45, 2.75) is 5.37 Å². The number of aliphatic carboxylic acids is 1. The first kappa shape index (κ1) is 14.2. The first-order valence-corrected chi connectivity index (χ1v) is 6.51. The van der Waals surface area contributed by atoms with E-state index in [1.807, 2.05) is 0 Å². The summed E-state index contributed by atoms with van der Waals surface area (Å²) in [6.07, 6.45) is 0. The van der Waals surface area contributed by atoms with Crippen LogP contribution in [0.25, 0.3) is 0 Å². The van der Waals surface area contributed by atoms with Gasteiger partial charge in [0.1, 0.15) is 5.75 Å². The molecule has 0 bridgehead atoms. The van der Waals surface area contributed by atoms with E-state index in [9.17, 15) is 19.5 Å². The monoisotopic (exact) mass is 295 g/mol. The van der Waals surface area contributed by atoms with E-state index in [0.717, 1.165) is 11.8 Å². The molecule has 0 radical (unpaired) electrons. The Hall–Kier alpha value is -2.22. The summed E-state index contributed by atoms with van der Waals surface area (Å²) >= 11 is 0.733. The van der Waals surface area contributed by atoms with Crippen molar-refractivity contribution in [2.75, 3.05) is 19.0 Å². The van der Waals surface area contributed by atoms with Crippen molar-refractivity contribution in [3.05, 3.63) is 24.3 Å². The van der Waals surface area contributed by atoms with Crippen LogP contribution >= 0.6 is 11.8 Å². The smallest absolute Gasteiger partial charge is 0.291 e. The molecule has 2 amide bonds. The molecule has 7 nitrogen and oxygen atoms in total. The van der Waals surface area contributed by atoms with Crippen LogP contribution in [0.2, 0.25) is 0 Å². The molecule has 0 aromatic heterocycles. The van der Waals surface area contributed by atoms with Gasteiger partial charge < -0.3 is 20.0 Å². The van der Waals surface area contributed by atoms with Gasteiger partial charge in [-0.05, 0) is 36.0 Å². The van der Waals surface area contributed by atoms with Gasteiger partial charge in [-0.15, -0.1) is 0 Å². The van der Waals surface area contributed by atoms with Gasteiger partial charge in [0, 0.05) is 5.69 Å². The number of methoxy groups -OCH3 is 1. The van der Waals surface area contributed by atoms with E-state index in [2.05, 4.69) is 5.32 Å². The topological polar surface area (TPSA) is 98.8 Å². The molecule has 1 aliphatic heterocycles. The molecular formula is C12H11N2O5S-. The molecule has 1 aromatic carbocycles. The Balaban J connectivity index is 2.04. The maximum absolute atomic E-state index is 11.9. The van der Waals surface area contributed by atoms with Gasteiger partial charge >= 0.3 is 0 Å². The van der Waals surface area contributed by atoms with Crippen molar-refractivity contribution in [3.63, 3.8) is 0 Å². The first-order chi connectivity index (χ1) is 9.51. The predicted molar refractivity (Wildman–Crippen MR) is 70.1 cm³/mol. The molecule has 0 saturated carbocycles. The molecule has 2 rings (SSSR count). The van der Waals surface area contributed by atoms with Gasteiger partial charge in [0.2, 0.25) is 0 Å². The summed E-state index contributed by atoms with van der Waals surface area (Å²) in [5.41, 5.74) is 0.625. The second-order valence-corrected chi connectivity index (χ2v) is 4.99. The van der Waals surface area contributed by atoms with Crippen molar-refractivity contribution < 1.29 is 24.2 Å². The second kappa shape index (κ2) is 5.83. The molecule has 106 valence electrons. The molecular weight excluding hydrogens is 284 g/mol. The SMILES string of the molecule is COc1ccc(N[C@@H]2SC(=O)N(CC(=O)[O-])C2=O)cc1. The summed E-state index contributed by atoms with van der Waals surface area (Å²) in [6.45, 7) is -0.731. The summed E-state index contributed by atoms with van der Waals surface area (Å²) < 4.78 is 5.00. The van der Waals surface area contributed by atoms with Crippen LogP contribution < -0.4 is 15.2 Å². The Kier molecular flexibility index (Phi) is 4.14. The molecule has 20 heavy (non-hydrogen) atoms. The number of thioether (sulfide) groups is 1. The predicted octanol–water partition coefficient (Wildman–Crippen LogP) is -0.122. The number of amides is 2. The lowest BCUT2D eigenvalue weighted by molar-refractivity contribution is -0.305. The Morgan fingerprint density at radius 2 is 2.05 bits per heavy atom. The highest BCUT2D eigenvalue weighted by Gasteiger charge is 2.39. The van der Waals surface area contributed by atoms with Gasteiger partial charge in [-0.25, -0.2) is 0 Å². The summed E-state index contributed by atoms with van der Waals surface area (Å²) in [4.78, 5) is 34.6. The fraction of sp³-hybridized carbons (Fsp3) is 0.250. The van der Waals surface area contributed by atoms with E-state index in [1.165, 1.54) is 7.11 Å². The van der Waals surface area contributed by atoms with Gasteiger partial charge in [0.15, 0.2) is 5.37 Å². The number of carboxylic acids is 1. The van der Waals surface area contributed by atoms with Crippen LogP contribution in [0.3, 0.4) is 0 Å². The van der Waals surface area contributed by atoms with Gasteiger partial charge in [-0.1, -0.05) is 0 Å². The van der Waals surface area contributed by atoms with E-state index < -0.39 is 29.0 Å². The van der Waals surface area contributed by atoms with E-state index >= 15 is 0 Å². The number of hydrogen-bond acceptors (Lipinski definition) is 7. The highest BCUT2D eigenvalue weighted by molar-refractivity contribution is 8.15. The Bertz CT molecular complexity index is 545. The van der Waals surface area contributed by atoms with Crippen LogP contribution in [0.4, 0.5) is 10.5 Å². The lowest BCUT2D eigenvalue weighted by Crippen LogP contribution is -2.42. The van der Waals surface area contributed by atoms with Crippen molar-refractivity contribution >= 4 is 34.6 Å². The zero-order valence-corrected chi connectivity index (χ0v) is 11.3. The van der Waals surface area contributed by atoms with Crippen LogP contribution in [0.1, 0.15) is 0 Å². The van der Waals surface area contributed by atoms with Crippen molar-refractivity contribution in [1.29, 1.82) is 0 Å². The highest BCUT2D eigenvalue weighted by Crippen LogP contribution is 2.28. The third kappa shape index (κ3) is 3.02. The number of benzene rings is 1. The third-order valence-electron chi connectivity index (χ3n) is 2.60. The number of imide groups is 1. The van der Waals surface area contributed by atoms with Gasteiger partial charge in [-0.2, -0.15) is 0 Å². The summed E-state index contributed by atoms with van der Waals surface area (Å²) in [5.74, 6) is -1.41. The molecule has 1 fully saturated rings. The summed E-state index contributed by atoms with van der Waals surface area (Å²) in [6, 6.07) is 6.79. The number of nitrogens with zero attached hydrogens (tertiary/aromatic N) is 1. The normalized spacial score (nSPS) is 18.2. The Labute approximate surface area is 118 Å². The number of ether oxygens (including phenoxy) is 1. The largest absolute Gasteiger partial charge is 0.548 e. The number of hydrogen-bond donors (Lipinski definition) is 1. The fourth-order valence-electron chi connectivity index (χ4n) is 1.65. The van der Waals surface area contributed by atoms with E-state index in [4.69, 9.17) is 4.74 Å². The maximum Gasteiger partial charge on any atom is 0.291 e. The van der Waals surface area contributed by atoms with Crippen LogP contribution in [0.5, 0.6) is 5.75 Å². The molecule has 1 atom stereocenters. The minimum Gasteiger partial charge on any atom is -0.548 e. The highest BCUT2D eigenvalue weighted by atomic mass is 32.2. The quantitative estimate of drug-likeness (QED) is 0.808. The number of nitrogens with one attached hydrogen (secondary N) is 1. The van der Waals surface area contributed by atoms with Crippen LogP contribution in [-0.2, 0) is 9.59 Å². The summed E-state index contributed by atoms with van der Waals surface area (Å²) in [7, 11) is 1.54. The molecule has 1 saturated heterocycles. The van der Waals surface area contributed by atoms with Crippen molar-refractivity contribution in [3.8, 4) is 5.75 Å². The van der Waals surface area contributed by atoms with E-state index in [0.29, 0.717) is 16.3 Å². The van der Waals surface area contributed by atoms with E-state index in [1.54, 1.807) is 24.3 Å². The standard InChI is InChI=1S/C12H12N2O5S/c1-19-8-4-2-7(3-5-8)13-10-11(17)14(6-9(15)16)12(18)20-10/h2-5,10,13H,6H2,1H3,(H,15,16)/p-1/t10-/m1/s1. The van der Waals surface area contributed by atoms with Gasteiger partial charge in [0.05, 0.1) is 19.6 Å². The third-order valence-corrected chi connectivity index (χ3v) is 3.58. The molecule has 1 heterocycles. The molecule has 1 N–H and O–H groups in total. The number of anilines is 1. The number of carbonyl (C=O) groups is 3. The zero-order valence-electron chi connectivity index (χ0n) is 10.5. The average molecular weight is 295 g/mol. The molecule has 0 aliphatic carbocycles. The Morgan fingerprint density at radius 3 is 2.60 bits per heavy atom. The number of carbonyl (C=O) groups excluding carboxylic acids is 3. The fourth-order valence-corrected chi connectivity index (χ4v) is 2.55. The van der Waals surface area contributed by atoms with Crippen LogP contribution in [-0.4, -0.2) is 41.0 Å². The van der Waals surface area contributed by atoms with Crippen LogP contribution in [0.15, 0.2) is 24.3 Å².